The molecule has 1 aliphatic carbocycles. The molecule has 3 aromatic carbocycles. The molecule has 1 atom stereocenters. The lowest BCUT2D eigenvalue weighted by Gasteiger charge is -2.27. The average Bonchev–Trinajstić information content (AvgIpc) is 3.03. The van der Waals surface area contributed by atoms with E-state index < -0.39 is 12.0 Å². The van der Waals surface area contributed by atoms with Gasteiger partial charge in [-0.3, -0.25) is 14.9 Å². The van der Waals surface area contributed by atoms with E-state index in [1.54, 1.807) is 29.6 Å². The number of nitrogens with zero attached hydrogens (tertiary/aromatic N) is 3. The van der Waals surface area contributed by atoms with Crippen LogP contribution in [-0.2, 0) is 11.3 Å². The number of hydrogen-bond acceptors (Lipinski definition) is 5. The van der Waals surface area contributed by atoms with Gasteiger partial charge in [-0.1, -0.05) is 79.5 Å². The number of halogens is 1. The molecule has 0 saturated heterocycles. The highest BCUT2D eigenvalue weighted by atomic mass is 35.5. The van der Waals surface area contributed by atoms with Crippen molar-refractivity contribution < 1.29 is 14.7 Å². The fourth-order valence-electron chi connectivity index (χ4n) is 5.17. The summed E-state index contributed by atoms with van der Waals surface area (Å²) in [7, 11) is 0. The topological polar surface area (TPSA) is 118 Å². The molecule has 4 rings (SSSR count). The predicted molar refractivity (Wildman–Crippen MR) is 174 cm³/mol. The van der Waals surface area contributed by atoms with E-state index >= 15 is 0 Å². The van der Waals surface area contributed by atoms with Crippen molar-refractivity contribution in [3.8, 4) is 6.19 Å². The maximum absolute atomic E-state index is 12.4. The van der Waals surface area contributed by atoms with Crippen LogP contribution in [0.15, 0.2) is 77.8 Å². The van der Waals surface area contributed by atoms with E-state index in [9.17, 15) is 14.9 Å². The molecule has 43 heavy (non-hydrogen) atoms. The molecular weight excluding hydrogens is 582 g/mol. The summed E-state index contributed by atoms with van der Waals surface area (Å²) in [6.45, 7) is 0.400. The van der Waals surface area contributed by atoms with Gasteiger partial charge in [-0.15, -0.1) is 0 Å². The number of nitriles is 1. The van der Waals surface area contributed by atoms with Crippen LogP contribution in [0, 0.1) is 11.5 Å². The standard InChI is InChI=1S/C33H34ClN5O3S/c34-28-14-10-26(11-15-28)30(21-43)38-33(37-22-35)39(29-16-12-25(13-17-29)24-4-2-1-3-5-24)20-23-6-8-27(9-7-23)32(42)36-19-18-31(40)41/h6-17,21,24,30H,1-5,18-20H2,(H,36,42)(H,37,38)(H,40,41). The molecule has 3 N–H and O–H groups in total. The molecule has 0 heterocycles. The summed E-state index contributed by atoms with van der Waals surface area (Å²) >= 11 is 11.4. The Morgan fingerprint density at radius 1 is 1.05 bits per heavy atom. The number of hydrogen-bond donors (Lipinski definition) is 3. The zero-order valence-corrected chi connectivity index (χ0v) is 25.3. The van der Waals surface area contributed by atoms with Gasteiger partial charge in [0.2, 0.25) is 5.96 Å². The first-order chi connectivity index (χ1) is 20.9. The third-order valence-corrected chi connectivity index (χ3v) is 8.00. The van der Waals surface area contributed by atoms with Gasteiger partial charge in [-0.05, 0) is 71.8 Å². The number of thiocarbonyl (C=S) groups is 1. The zero-order chi connectivity index (χ0) is 30.6. The van der Waals surface area contributed by atoms with Gasteiger partial charge >= 0.3 is 5.97 Å². The Morgan fingerprint density at radius 2 is 1.72 bits per heavy atom. The number of guanidine groups is 1. The minimum Gasteiger partial charge on any atom is -0.481 e. The van der Waals surface area contributed by atoms with E-state index in [0.29, 0.717) is 29.0 Å². The van der Waals surface area contributed by atoms with E-state index in [0.717, 1.165) is 16.8 Å². The maximum Gasteiger partial charge on any atom is 0.305 e. The van der Waals surface area contributed by atoms with Crippen LogP contribution in [0.25, 0.3) is 0 Å². The van der Waals surface area contributed by atoms with E-state index in [1.165, 1.54) is 37.7 Å². The molecule has 1 amide bonds. The smallest absolute Gasteiger partial charge is 0.305 e. The summed E-state index contributed by atoms with van der Waals surface area (Å²) < 4.78 is 0. The number of carboxylic acids is 1. The fraction of sp³-hybridized carbons (Fsp3) is 0.303. The fourth-order valence-corrected chi connectivity index (χ4v) is 5.52. The number of nitrogens with one attached hydrogen (secondary N) is 2. The number of carbonyl (C=O) groups excluding carboxylic acids is 1. The Morgan fingerprint density at radius 3 is 2.33 bits per heavy atom. The lowest BCUT2D eigenvalue weighted by atomic mass is 9.84. The third-order valence-electron chi connectivity index (χ3n) is 7.49. The van der Waals surface area contributed by atoms with E-state index in [4.69, 9.17) is 33.9 Å². The number of rotatable bonds is 11. The molecule has 1 aliphatic rings. The summed E-state index contributed by atoms with van der Waals surface area (Å²) in [6, 6.07) is 22.2. The highest BCUT2D eigenvalue weighted by Gasteiger charge is 2.20. The van der Waals surface area contributed by atoms with Crippen LogP contribution in [-0.4, -0.2) is 34.9 Å². The predicted octanol–water partition coefficient (Wildman–Crippen LogP) is 6.77. The van der Waals surface area contributed by atoms with Crippen molar-refractivity contribution >= 4 is 52.7 Å². The van der Waals surface area contributed by atoms with Gasteiger partial charge in [-0.25, -0.2) is 4.99 Å². The minimum atomic E-state index is -0.974. The molecule has 10 heteroatoms. The van der Waals surface area contributed by atoms with Gasteiger partial charge in [0.15, 0.2) is 6.19 Å². The van der Waals surface area contributed by atoms with Crippen LogP contribution < -0.4 is 15.5 Å². The summed E-state index contributed by atoms with van der Waals surface area (Å²) in [6.07, 6.45) is 8.05. The number of amides is 1. The van der Waals surface area contributed by atoms with Crippen LogP contribution >= 0.6 is 23.8 Å². The van der Waals surface area contributed by atoms with Crippen LogP contribution in [0.1, 0.15) is 77.5 Å². The molecule has 0 spiro atoms. The minimum absolute atomic E-state index is 0.0505. The Balaban J connectivity index is 1.64. The monoisotopic (exact) mass is 615 g/mol. The lowest BCUT2D eigenvalue weighted by Crippen LogP contribution is -2.39. The molecule has 3 aromatic rings. The second-order valence-corrected chi connectivity index (χ2v) is 11.1. The number of anilines is 1. The lowest BCUT2D eigenvalue weighted by molar-refractivity contribution is -0.136. The summed E-state index contributed by atoms with van der Waals surface area (Å²) in [5.74, 6) is -0.439. The number of benzene rings is 3. The highest BCUT2D eigenvalue weighted by molar-refractivity contribution is 7.79. The summed E-state index contributed by atoms with van der Waals surface area (Å²) in [5, 5.41) is 26.0. The number of carboxylic acid groups (broad SMARTS) is 1. The van der Waals surface area contributed by atoms with Gasteiger partial charge in [0.1, 0.15) is 6.04 Å². The first-order valence-electron chi connectivity index (χ1n) is 14.3. The molecular formula is C33H34ClN5O3S. The number of aliphatic carboxylic acids is 1. The van der Waals surface area contributed by atoms with Gasteiger partial charge < -0.3 is 15.3 Å². The van der Waals surface area contributed by atoms with Crippen molar-refractivity contribution in [1.82, 2.24) is 10.6 Å². The molecule has 222 valence electrons. The second-order valence-electron chi connectivity index (χ2n) is 10.4. The number of carbonyl (C=O) groups is 2. The largest absolute Gasteiger partial charge is 0.481 e. The second kappa shape index (κ2) is 15.8. The van der Waals surface area contributed by atoms with Crippen LogP contribution in [0.3, 0.4) is 0 Å². The van der Waals surface area contributed by atoms with Crippen molar-refractivity contribution in [2.24, 2.45) is 4.99 Å². The Kier molecular flexibility index (Phi) is 11.7. The van der Waals surface area contributed by atoms with Gasteiger partial charge in [-0.2, -0.15) is 5.26 Å². The zero-order valence-electron chi connectivity index (χ0n) is 23.7. The summed E-state index contributed by atoms with van der Waals surface area (Å²) in [5.41, 5.74) is 4.28. The molecule has 1 unspecified atom stereocenters. The molecule has 0 aliphatic heterocycles. The van der Waals surface area contributed by atoms with Crippen molar-refractivity contribution in [3.63, 3.8) is 0 Å². The van der Waals surface area contributed by atoms with Gasteiger partial charge in [0, 0.05) is 28.2 Å². The molecule has 0 bridgehead atoms. The molecule has 1 saturated carbocycles. The Bertz CT molecular complexity index is 1460. The summed E-state index contributed by atoms with van der Waals surface area (Å²) in [4.78, 5) is 30.0. The van der Waals surface area contributed by atoms with Crippen molar-refractivity contribution in [3.05, 3.63) is 100 Å². The first kappa shape index (κ1) is 31.7. The van der Waals surface area contributed by atoms with Crippen LogP contribution in [0.2, 0.25) is 5.02 Å². The molecule has 1 fully saturated rings. The van der Waals surface area contributed by atoms with E-state index in [-0.39, 0.29) is 18.9 Å². The van der Waals surface area contributed by atoms with E-state index in [1.807, 2.05) is 35.4 Å². The first-order valence-corrected chi connectivity index (χ1v) is 15.1. The molecule has 0 radical (unpaired) electrons. The maximum atomic E-state index is 12.4. The van der Waals surface area contributed by atoms with Crippen molar-refractivity contribution in [2.75, 3.05) is 11.4 Å². The van der Waals surface area contributed by atoms with Gasteiger partial charge in [0.05, 0.1) is 13.0 Å². The Labute approximate surface area is 262 Å². The van der Waals surface area contributed by atoms with Crippen molar-refractivity contribution in [1.29, 1.82) is 5.26 Å². The van der Waals surface area contributed by atoms with E-state index in [2.05, 4.69) is 34.9 Å². The molecule has 8 nitrogen and oxygen atoms in total. The third kappa shape index (κ3) is 9.11. The highest BCUT2D eigenvalue weighted by Crippen LogP contribution is 2.33. The normalized spacial score (nSPS) is 14.3. The molecule has 0 aromatic heterocycles. The van der Waals surface area contributed by atoms with Crippen LogP contribution in [0.4, 0.5) is 5.69 Å². The average molecular weight is 616 g/mol. The SMILES string of the molecule is N#CNC(=NC(C=S)c1ccc(Cl)cc1)N(Cc1ccc(C(=O)NCCC(=O)O)cc1)c1ccc(C2CCCCC2)cc1. The number of aliphatic imine (C=N–C) groups is 1. The quantitative estimate of drug-likeness (QED) is 0.0716. The van der Waals surface area contributed by atoms with Crippen molar-refractivity contribution in [2.45, 2.75) is 57.0 Å². The van der Waals surface area contributed by atoms with Crippen LogP contribution in [0.5, 0.6) is 0 Å². The van der Waals surface area contributed by atoms with Gasteiger partial charge in [0.25, 0.3) is 5.91 Å². The Hall–Kier alpha value is -4.26.